The van der Waals surface area contributed by atoms with Gasteiger partial charge in [-0.15, -0.1) is 0 Å². The zero-order valence-corrected chi connectivity index (χ0v) is 12.7. The third-order valence-corrected chi connectivity index (χ3v) is 4.61. The number of aromatic amines is 1. The van der Waals surface area contributed by atoms with Crippen LogP contribution in [0.1, 0.15) is 22.7 Å². The lowest BCUT2D eigenvalue weighted by molar-refractivity contribution is 0.412. The molecule has 4 rings (SSSR count). The van der Waals surface area contributed by atoms with Crippen molar-refractivity contribution in [3.8, 4) is 5.75 Å². The first kappa shape index (κ1) is 13.4. The third kappa shape index (κ3) is 2.28. The molecule has 0 bridgehead atoms. The fourth-order valence-electron chi connectivity index (χ4n) is 3.46. The van der Waals surface area contributed by atoms with Crippen molar-refractivity contribution in [2.45, 2.75) is 18.9 Å². The molecule has 3 nitrogen and oxygen atoms in total. The van der Waals surface area contributed by atoms with E-state index in [9.17, 15) is 0 Å². The van der Waals surface area contributed by atoms with E-state index in [2.05, 4.69) is 59.0 Å². The predicted octanol–water partition coefficient (Wildman–Crippen LogP) is 3.61. The van der Waals surface area contributed by atoms with Gasteiger partial charge in [-0.3, -0.25) is 0 Å². The molecule has 0 saturated heterocycles. The maximum atomic E-state index is 5.35. The summed E-state index contributed by atoms with van der Waals surface area (Å²) in [5.41, 5.74) is 5.39. The van der Waals surface area contributed by atoms with E-state index >= 15 is 0 Å². The van der Waals surface area contributed by atoms with Gasteiger partial charge in [0.15, 0.2) is 0 Å². The minimum absolute atomic E-state index is 0.369. The first-order valence-electron chi connectivity index (χ1n) is 7.80. The van der Waals surface area contributed by atoms with Crippen molar-refractivity contribution >= 4 is 10.9 Å². The molecular weight excluding hydrogens is 272 g/mol. The number of ether oxygens (including phenoxy) is 1. The Hall–Kier alpha value is -2.26. The largest absolute Gasteiger partial charge is 0.497 e. The van der Waals surface area contributed by atoms with Gasteiger partial charge in [0.25, 0.3) is 0 Å². The second kappa shape index (κ2) is 5.50. The van der Waals surface area contributed by atoms with Crippen LogP contribution < -0.4 is 10.1 Å². The smallest absolute Gasteiger partial charge is 0.119 e. The molecule has 3 heteroatoms. The highest BCUT2D eigenvalue weighted by Crippen LogP contribution is 2.30. The van der Waals surface area contributed by atoms with Crippen LogP contribution >= 0.6 is 0 Å². The zero-order chi connectivity index (χ0) is 14.9. The maximum absolute atomic E-state index is 5.35. The van der Waals surface area contributed by atoms with E-state index in [1.165, 1.54) is 27.6 Å². The van der Waals surface area contributed by atoms with Gasteiger partial charge in [0.05, 0.1) is 7.11 Å². The Bertz CT molecular complexity index is 806. The van der Waals surface area contributed by atoms with E-state index in [-0.39, 0.29) is 0 Å². The molecule has 0 saturated carbocycles. The normalized spacial score (nSPS) is 17.4. The number of nitrogens with one attached hydrogen (secondary N) is 2. The SMILES string of the molecule is COc1ccc2c(c1)CCNC2Cc1c[nH]c2ccccc12. The molecule has 0 spiro atoms. The molecule has 1 unspecified atom stereocenters. The molecule has 3 aromatic rings. The first-order valence-corrected chi connectivity index (χ1v) is 7.80. The van der Waals surface area contributed by atoms with Crippen LogP contribution in [0.3, 0.4) is 0 Å². The molecule has 112 valence electrons. The Balaban J connectivity index is 1.67. The second-order valence-electron chi connectivity index (χ2n) is 5.89. The molecule has 1 aliphatic heterocycles. The van der Waals surface area contributed by atoms with Gasteiger partial charge >= 0.3 is 0 Å². The summed E-state index contributed by atoms with van der Waals surface area (Å²) in [6, 6.07) is 15.3. The molecule has 2 heterocycles. The monoisotopic (exact) mass is 292 g/mol. The van der Waals surface area contributed by atoms with Gasteiger partial charge in [-0.1, -0.05) is 24.3 Å². The average Bonchev–Trinajstić information content (AvgIpc) is 2.98. The minimum Gasteiger partial charge on any atom is -0.497 e. The lowest BCUT2D eigenvalue weighted by Crippen LogP contribution is -2.31. The number of H-pyrrole nitrogens is 1. The van der Waals surface area contributed by atoms with Crippen LogP contribution in [-0.2, 0) is 12.8 Å². The van der Waals surface area contributed by atoms with Gasteiger partial charge in [0.1, 0.15) is 5.75 Å². The van der Waals surface area contributed by atoms with Crippen LogP contribution in [-0.4, -0.2) is 18.6 Å². The summed E-state index contributed by atoms with van der Waals surface area (Å²) >= 11 is 0. The molecule has 2 N–H and O–H groups in total. The van der Waals surface area contributed by atoms with Crippen molar-refractivity contribution in [1.29, 1.82) is 0 Å². The van der Waals surface area contributed by atoms with E-state index in [0.717, 1.165) is 25.1 Å². The van der Waals surface area contributed by atoms with Crippen LogP contribution in [0.5, 0.6) is 5.75 Å². The molecule has 22 heavy (non-hydrogen) atoms. The molecule has 1 aliphatic rings. The van der Waals surface area contributed by atoms with Gasteiger partial charge in [-0.25, -0.2) is 0 Å². The Morgan fingerprint density at radius 1 is 1.18 bits per heavy atom. The van der Waals surface area contributed by atoms with Gasteiger partial charge < -0.3 is 15.0 Å². The maximum Gasteiger partial charge on any atom is 0.119 e. The quantitative estimate of drug-likeness (QED) is 0.774. The van der Waals surface area contributed by atoms with Crippen LogP contribution in [0.2, 0.25) is 0 Å². The lowest BCUT2D eigenvalue weighted by Gasteiger charge is -2.27. The summed E-state index contributed by atoms with van der Waals surface area (Å²) in [7, 11) is 1.73. The second-order valence-corrected chi connectivity index (χ2v) is 5.89. The summed E-state index contributed by atoms with van der Waals surface area (Å²) in [5, 5.41) is 4.99. The number of para-hydroxylation sites is 1. The van der Waals surface area contributed by atoms with Gasteiger partial charge in [0, 0.05) is 23.1 Å². The average molecular weight is 292 g/mol. The number of methoxy groups -OCH3 is 1. The topological polar surface area (TPSA) is 37.0 Å². The summed E-state index contributed by atoms with van der Waals surface area (Å²) in [4.78, 5) is 3.37. The Morgan fingerprint density at radius 3 is 3.00 bits per heavy atom. The fourth-order valence-corrected chi connectivity index (χ4v) is 3.46. The first-order chi connectivity index (χ1) is 10.8. The molecule has 0 amide bonds. The van der Waals surface area contributed by atoms with Crippen LogP contribution in [0.25, 0.3) is 10.9 Å². The van der Waals surface area contributed by atoms with Gasteiger partial charge in [0.2, 0.25) is 0 Å². The molecule has 0 radical (unpaired) electrons. The summed E-state index contributed by atoms with van der Waals surface area (Å²) in [5.74, 6) is 0.950. The van der Waals surface area contributed by atoms with E-state index in [1.54, 1.807) is 7.11 Å². The van der Waals surface area contributed by atoms with Crippen molar-refractivity contribution in [2.24, 2.45) is 0 Å². The van der Waals surface area contributed by atoms with Crippen LogP contribution in [0.15, 0.2) is 48.7 Å². The van der Waals surface area contributed by atoms with E-state index in [1.807, 2.05) is 0 Å². The number of rotatable bonds is 3. The highest BCUT2D eigenvalue weighted by Gasteiger charge is 2.21. The molecule has 0 fully saturated rings. The van der Waals surface area contributed by atoms with E-state index in [0.29, 0.717) is 6.04 Å². The minimum atomic E-state index is 0.369. The Kier molecular flexibility index (Phi) is 3.35. The zero-order valence-electron chi connectivity index (χ0n) is 12.7. The standard InChI is InChI=1S/C19H20N2O/c1-22-15-6-7-17-13(10-15)8-9-20-19(17)11-14-12-21-18-5-3-2-4-16(14)18/h2-7,10,12,19-21H,8-9,11H2,1H3. The molecular formula is C19H20N2O. The highest BCUT2D eigenvalue weighted by molar-refractivity contribution is 5.83. The molecule has 1 aromatic heterocycles. The summed E-state index contributed by atoms with van der Waals surface area (Å²) in [6.45, 7) is 1.02. The number of fused-ring (bicyclic) bond motifs is 2. The van der Waals surface area contributed by atoms with Gasteiger partial charge in [-0.05, 0) is 54.3 Å². The number of hydrogen-bond acceptors (Lipinski definition) is 2. The Labute approximate surface area is 130 Å². The number of hydrogen-bond donors (Lipinski definition) is 2. The van der Waals surface area contributed by atoms with Crippen molar-refractivity contribution < 1.29 is 4.74 Å². The predicted molar refractivity (Wildman–Crippen MR) is 89.4 cm³/mol. The fraction of sp³-hybridized carbons (Fsp3) is 0.263. The highest BCUT2D eigenvalue weighted by atomic mass is 16.5. The Morgan fingerprint density at radius 2 is 2.09 bits per heavy atom. The third-order valence-electron chi connectivity index (χ3n) is 4.61. The van der Waals surface area contributed by atoms with E-state index < -0.39 is 0 Å². The lowest BCUT2D eigenvalue weighted by atomic mass is 9.90. The van der Waals surface area contributed by atoms with Crippen molar-refractivity contribution in [1.82, 2.24) is 10.3 Å². The number of benzene rings is 2. The summed E-state index contributed by atoms with van der Waals surface area (Å²) in [6.07, 6.45) is 4.21. The van der Waals surface area contributed by atoms with Crippen molar-refractivity contribution in [3.05, 3.63) is 65.4 Å². The van der Waals surface area contributed by atoms with Crippen molar-refractivity contribution in [3.63, 3.8) is 0 Å². The van der Waals surface area contributed by atoms with E-state index in [4.69, 9.17) is 4.74 Å². The van der Waals surface area contributed by atoms with Crippen LogP contribution in [0.4, 0.5) is 0 Å². The van der Waals surface area contributed by atoms with Crippen molar-refractivity contribution in [2.75, 3.05) is 13.7 Å². The number of aromatic nitrogens is 1. The molecule has 2 aromatic carbocycles. The molecule has 0 aliphatic carbocycles. The summed E-state index contributed by atoms with van der Waals surface area (Å²) < 4.78 is 5.35. The van der Waals surface area contributed by atoms with Gasteiger partial charge in [-0.2, -0.15) is 0 Å². The molecule has 1 atom stereocenters. The van der Waals surface area contributed by atoms with Crippen LogP contribution in [0, 0.1) is 0 Å².